The summed E-state index contributed by atoms with van der Waals surface area (Å²) in [5, 5.41) is 9.53. The van der Waals surface area contributed by atoms with E-state index in [-0.39, 0.29) is 30.5 Å². The maximum atomic E-state index is 13.4. The molecular weight excluding hydrogens is 389 g/mol. The fourth-order valence-electron chi connectivity index (χ4n) is 2.60. The highest BCUT2D eigenvalue weighted by Gasteiger charge is 2.14. The molecule has 0 aliphatic heterocycles. The van der Waals surface area contributed by atoms with Gasteiger partial charge in [0.15, 0.2) is 11.6 Å². The van der Waals surface area contributed by atoms with Gasteiger partial charge in [-0.3, -0.25) is 9.89 Å². The van der Waals surface area contributed by atoms with Crippen LogP contribution in [0.25, 0.3) is 11.3 Å². The van der Waals surface area contributed by atoms with E-state index in [9.17, 15) is 9.18 Å². The first-order valence-electron chi connectivity index (χ1n) is 9.01. The number of nitrogens with one attached hydrogen (secondary N) is 2. The standard InChI is InChI=1S/C22H20FN3O4/c1-28-15-9-10-20(29-2)16(13-15)18-14-19(26-25-18)22(27)24-11-5-6-12-30-21-8-4-3-7-17(21)23/h3-4,7-10,13-14H,11-12H2,1-2H3,(H,24,27)(H,25,26). The predicted molar refractivity (Wildman–Crippen MR) is 109 cm³/mol. The first-order chi connectivity index (χ1) is 14.6. The summed E-state index contributed by atoms with van der Waals surface area (Å²) in [6, 6.07) is 13.0. The van der Waals surface area contributed by atoms with Crippen LogP contribution in [-0.2, 0) is 0 Å². The molecule has 3 rings (SSSR count). The van der Waals surface area contributed by atoms with Gasteiger partial charge in [0.2, 0.25) is 0 Å². The van der Waals surface area contributed by atoms with E-state index in [0.717, 1.165) is 0 Å². The Kier molecular flexibility index (Phi) is 6.90. The van der Waals surface area contributed by atoms with Gasteiger partial charge in [-0.05, 0) is 36.4 Å². The smallest absolute Gasteiger partial charge is 0.270 e. The molecule has 1 aromatic heterocycles. The quantitative estimate of drug-likeness (QED) is 0.586. The molecule has 0 unspecified atom stereocenters. The van der Waals surface area contributed by atoms with Gasteiger partial charge in [0, 0.05) is 5.56 Å². The molecule has 1 heterocycles. The normalized spacial score (nSPS) is 9.97. The van der Waals surface area contributed by atoms with E-state index in [1.807, 2.05) is 0 Å². The number of halogens is 1. The minimum absolute atomic E-state index is 0.0145. The summed E-state index contributed by atoms with van der Waals surface area (Å²) >= 11 is 0. The lowest BCUT2D eigenvalue weighted by molar-refractivity contribution is 0.0953. The van der Waals surface area contributed by atoms with Crippen LogP contribution in [0.2, 0.25) is 0 Å². The molecule has 0 saturated carbocycles. The number of benzene rings is 2. The van der Waals surface area contributed by atoms with Crippen molar-refractivity contribution in [1.29, 1.82) is 0 Å². The fourth-order valence-corrected chi connectivity index (χ4v) is 2.60. The lowest BCUT2D eigenvalue weighted by Gasteiger charge is -2.08. The van der Waals surface area contributed by atoms with E-state index in [4.69, 9.17) is 14.2 Å². The monoisotopic (exact) mass is 409 g/mol. The largest absolute Gasteiger partial charge is 0.497 e. The molecule has 0 aliphatic rings. The number of aromatic amines is 1. The van der Waals surface area contributed by atoms with Crippen LogP contribution in [0.5, 0.6) is 17.2 Å². The van der Waals surface area contributed by atoms with Gasteiger partial charge in [0.05, 0.1) is 26.5 Å². The highest BCUT2D eigenvalue weighted by molar-refractivity contribution is 5.93. The number of hydrogen-bond acceptors (Lipinski definition) is 5. The van der Waals surface area contributed by atoms with Crippen molar-refractivity contribution in [3.8, 4) is 40.3 Å². The number of ether oxygens (including phenoxy) is 3. The summed E-state index contributed by atoms with van der Waals surface area (Å²) in [7, 11) is 3.12. The average molecular weight is 409 g/mol. The predicted octanol–water partition coefficient (Wildman–Crippen LogP) is 3.05. The van der Waals surface area contributed by atoms with Gasteiger partial charge >= 0.3 is 0 Å². The highest BCUT2D eigenvalue weighted by Crippen LogP contribution is 2.32. The van der Waals surface area contributed by atoms with E-state index in [1.165, 1.54) is 12.1 Å². The number of H-pyrrole nitrogens is 1. The number of rotatable bonds is 7. The lowest BCUT2D eigenvalue weighted by atomic mass is 10.1. The Morgan fingerprint density at radius 2 is 1.93 bits per heavy atom. The minimum atomic E-state index is -0.449. The number of carbonyl (C=O) groups is 1. The number of para-hydroxylation sites is 1. The van der Waals surface area contributed by atoms with Gasteiger partial charge in [-0.25, -0.2) is 4.39 Å². The van der Waals surface area contributed by atoms with Crippen LogP contribution >= 0.6 is 0 Å². The van der Waals surface area contributed by atoms with Crippen LogP contribution in [0.3, 0.4) is 0 Å². The molecule has 0 spiro atoms. The number of carbonyl (C=O) groups excluding carboxylic acids is 1. The molecule has 0 saturated heterocycles. The van der Waals surface area contributed by atoms with E-state index in [2.05, 4.69) is 27.4 Å². The average Bonchev–Trinajstić information content (AvgIpc) is 3.27. The Hall–Kier alpha value is -3.99. The van der Waals surface area contributed by atoms with E-state index in [1.54, 1.807) is 50.6 Å². The van der Waals surface area contributed by atoms with Crippen molar-refractivity contribution < 1.29 is 23.4 Å². The van der Waals surface area contributed by atoms with Gasteiger partial charge < -0.3 is 19.5 Å². The molecule has 0 radical (unpaired) electrons. The molecule has 0 bridgehead atoms. The summed E-state index contributed by atoms with van der Waals surface area (Å²) in [4.78, 5) is 12.3. The maximum absolute atomic E-state index is 13.4. The Labute approximate surface area is 173 Å². The summed E-state index contributed by atoms with van der Waals surface area (Å²) in [5.74, 6) is 6.04. The van der Waals surface area contributed by atoms with Crippen molar-refractivity contribution in [1.82, 2.24) is 15.5 Å². The van der Waals surface area contributed by atoms with Gasteiger partial charge in [0.1, 0.15) is 23.8 Å². The summed E-state index contributed by atoms with van der Waals surface area (Å²) < 4.78 is 29.2. The van der Waals surface area contributed by atoms with E-state index >= 15 is 0 Å². The van der Waals surface area contributed by atoms with Crippen LogP contribution in [0.1, 0.15) is 10.5 Å². The van der Waals surface area contributed by atoms with Gasteiger partial charge in [-0.15, -0.1) is 0 Å². The molecule has 3 aromatic rings. The van der Waals surface area contributed by atoms with Crippen LogP contribution in [0.4, 0.5) is 4.39 Å². The zero-order chi connectivity index (χ0) is 21.3. The number of amides is 1. The molecule has 2 aromatic carbocycles. The molecule has 7 nitrogen and oxygen atoms in total. The molecule has 154 valence electrons. The number of aromatic nitrogens is 2. The van der Waals surface area contributed by atoms with Crippen molar-refractivity contribution in [3.63, 3.8) is 0 Å². The van der Waals surface area contributed by atoms with Gasteiger partial charge in [0.25, 0.3) is 5.91 Å². The Balaban J connectivity index is 1.56. The SMILES string of the molecule is COc1ccc(OC)c(-c2cc(C(=O)NCC#CCOc3ccccc3F)[nH]n2)c1. The summed E-state index contributed by atoms with van der Waals surface area (Å²) in [6.07, 6.45) is 0. The fraction of sp³-hybridized carbons (Fsp3) is 0.182. The molecule has 0 aliphatic carbocycles. The van der Waals surface area contributed by atoms with E-state index in [0.29, 0.717) is 22.8 Å². The second kappa shape index (κ2) is 9.98. The number of hydrogen-bond donors (Lipinski definition) is 2. The van der Waals surface area contributed by atoms with Crippen molar-refractivity contribution in [2.24, 2.45) is 0 Å². The van der Waals surface area contributed by atoms with Gasteiger partial charge in [-0.1, -0.05) is 24.0 Å². The zero-order valence-electron chi connectivity index (χ0n) is 16.5. The first kappa shape index (κ1) is 20.7. The molecule has 0 atom stereocenters. The maximum Gasteiger partial charge on any atom is 0.270 e. The van der Waals surface area contributed by atoms with Crippen LogP contribution in [0.15, 0.2) is 48.5 Å². The minimum Gasteiger partial charge on any atom is -0.497 e. The Morgan fingerprint density at radius 3 is 2.70 bits per heavy atom. The summed E-state index contributed by atoms with van der Waals surface area (Å²) in [5.41, 5.74) is 1.51. The van der Waals surface area contributed by atoms with Crippen molar-refractivity contribution in [3.05, 3.63) is 60.0 Å². The molecule has 0 fully saturated rings. The summed E-state index contributed by atoms with van der Waals surface area (Å²) in [6.45, 7) is 0.122. The van der Waals surface area contributed by atoms with Crippen molar-refractivity contribution in [2.75, 3.05) is 27.4 Å². The number of nitrogens with zero attached hydrogens (tertiary/aromatic N) is 1. The first-order valence-corrected chi connectivity index (χ1v) is 9.01. The van der Waals surface area contributed by atoms with Crippen LogP contribution < -0.4 is 19.5 Å². The number of methoxy groups -OCH3 is 2. The van der Waals surface area contributed by atoms with Crippen LogP contribution in [-0.4, -0.2) is 43.5 Å². The van der Waals surface area contributed by atoms with Gasteiger partial charge in [-0.2, -0.15) is 5.10 Å². The highest BCUT2D eigenvalue weighted by atomic mass is 19.1. The topological polar surface area (TPSA) is 85.5 Å². The Morgan fingerprint density at radius 1 is 1.10 bits per heavy atom. The molecule has 2 N–H and O–H groups in total. The molecule has 30 heavy (non-hydrogen) atoms. The van der Waals surface area contributed by atoms with E-state index < -0.39 is 5.82 Å². The molecular formula is C22H20FN3O4. The zero-order valence-corrected chi connectivity index (χ0v) is 16.5. The second-order valence-corrected chi connectivity index (χ2v) is 5.99. The second-order valence-electron chi connectivity index (χ2n) is 5.99. The third-order valence-electron chi connectivity index (χ3n) is 4.10. The lowest BCUT2D eigenvalue weighted by Crippen LogP contribution is -2.24. The molecule has 1 amide bonds. The third-order valence-corrected chi connectivity index (χ3v) is 4.10. The van der Waals surface area contributed by atoms with Crippen LogP contribution in [0, 0.1) is 17.7 Å². The Bertz CT molecular complexity index is 1090. The van der Waals surface area contributed by atoms with Crippen molar-refractivity contribution >= 4 is 5.91 Å². The third kappa shape index (κ3) is 5.08. The molecule has 8 heteroatoms. The van der Waals surface area contributed by atoms with Crippen molar-refractivity contribution in [2.45, 2.75) is 0 Å².